The van der Waals surface area contributed by atoms with Crippen molar-refractivity contribution in [1.29, 1.82) is 0 Å². The summed E-state index contributed by atoms with van der Waals surface area (Å²) < 4.78 is 32.5. The van der Waals surface area contributed by atoms with E-state index < -0.39 is 10.0 Å². The molecule has 0 radical (unpaired) electrons. The van der Waals surface area contributed by atoms with Gasteiger partial charge in [-0.2, -0.15) is 0 Å². The van der Waals surface area contributed by atoms with Crippen molar-refractivity contribution in [1.82, 2.24) is 4.72 Å². The van der Waals surface area contributed by atoms with E-state index in [1.165, 1.54) is 24.2 Å². The first-order valence-corrected chi connectivity index (χ1v) is 9.22. The molecule has 1 fully saturated rings. The van der Waals surface area contributed by atoms with Gasteiger partial charge >= 0.3 is 0 Å². The third-order valence-electron chi connectivity index (χ3n) is 3.31. The van der Waals surface area contributed by atoms with Gasteiger partial charge in [0.1, 0.15) is 4.21 Å². The second-order valence-corrected chi connectivity index (χ2v) is 8.03. The van der Waals surface area contributed by atoms with Crippen molar-refractivity contribution >= 4 is 21.4 Å². The Morgan fingerprint density at radius 2 is 2.10 bits per heavy atom. The minimum absolute atomic E-state index is 0.0304. The second kappa shape index (κ2) is 7.51. The number of sulfonamides is 1. The Balaban J connectivity index is 1.77. The smallest absolute Gasteiger partial charge is 0.250 e. The highest BCUT2D eigenvalue weighted by Crippen LogP contribution is 2.22. The molecule has 1 aliphatic rings. The Morgan fingerprint density at radius 3 is 2.80 bits per heavy atom. The Labute approximate surface area is 124 Å². The standard InChI is InChI=1S/C13H21NO4S2/c15-9-7-12-5-6-13(19-12)20(16,17)14-8-10-18-11-3-1-2-4-11/h5-6,11,14-15H,1-4,7-10H2. The summed E-state index contributed by atoms with van der Waals surface area (Å²) in [5.74, 6) is 0. The molecule has 0 aliphatic heterocycles. The lowest BCUT2D eigenvalue weighted by Crippen LogP contribution is -2.28. The van der Waals surface area contributed by atoms with Crippen LogP contribution in [0, 0.1) is 0 Å². The number of hydrogen-bond acceptors (Lipinski definition) is 5. The fourth-order valence-corrected chi connectivity index (χ4v) is 4.68. The van der Waals surface area contributed by atoms with Crippen molar-refractivity contribution in [3.05, 3.63) is 17.0 Å². The van der Waals surface area contributed by atoms with Crippen LogP contribution in [0.5, 0.6) is 0 Å². The van der Waals surface area contributed by atoms with Crippen LogP contribution in [0.15, 0.2) is 16.3 Å². The first-order valence-electron chi connectivity index (χ1n) is 6.92. The van der Waals surface area contributed by atoms with Gasteiger partial charge in [0.25, 0.3) is 0 Å². The summed E-state index contributed by atoms with van der Waals surface area (Å²) in [6.45, 7) is 0.744. The first kappa shape index (κ1) is 15.9. The van der Waals surface area contributed by atoms with Crippen molar-refractivity contribution in [3.8, 4) is 0 Å². The van der Waals surface area contributed by atoms with Gasteiger partial charge in [-0.15, -0.1) is 11.3 Å². The lowest BCUT2D eigenvalue weighted by atomic mass is 10.3. The van der Waals surface area contributed by atoms with Crippen LogP contribution in [0.1, 0.15) is 30.6 Å². The topological polar surface area (TPSA) is 75.6 Å². The van der Waals surface area contributed by atoms with E-state index in [1.54, 1.807) is 12.1 Å². The van der Waals surface area contributed by atoms with Crippen molar-refractivity contribution < 1.29 is 18.3 Å². The van der Waals surface area contributed by atoms with E-state index in [0.29, 0.717) is 29.9 Å². The molecule has 20 heavy (non-hydrogen) atoms. The van der Waals surface area contributed by atoms with E-state index in [2.05, 4.69) is 4.72 Å². The molecular weight excluding hydrogens is 298 g/mol. The monoisotopic (exact) mass is 319 g/mol. The Kier molecular flexibility index (Phi) is 5.98. The number of rotatable bonds is 8. The number of hydrogen-bond donors (Lipinski definition) is 2. The zero-order chi connectivity index (χ0) is 14.4. The number of aliphatic hydroxyl groups is 1. The molecule has 7 heteroatoms. The largest absolute Gasteiger partial charge is 0.396 e. The number of aliphatic hydroxyl groups excluding tert-OH is 1. The molecule has 0 saturated heterocycles. The third kappa shape index (κ3) is 4.53. The van der Waals surface area contributed by atoms with Gasteiger partial charge in [0.05, 0.1) is 12.7 Å². The molecule has 0 spiro atoms. The van der Waals surface area contributed by atoms with Crippen LogP contribution < -0.4 is 4.72 Å². The fraction of sp³-hybridized carbons (Fsp3) is 0.692. The summed E-state index contributed by atoms with van der Waals surface area (Å²) >= 11 is 1.20. The predicted molar refractivity (Wildman–Crippen MR) is 78.5 cm³/mol. The zero-order valence-corrected chi connectivity index (χ0v) is 13.0. The number of ether oxygens (including phenoxy) is 1. The maximum atomic E-state index is 12.0. The van der Waals surface area contributed by atoms with E-state index in [9.17, 15) is 8.42 Å². The van der Waals surface area contributed by atoms with Gasteiger partial charge < -0.3 is 9.84 Å². The molecular formula is C13H21NO4S2. The molecule has 1 heterocycles. The molecule has 5 nitrogen and oxygen atoms in total. The molecule has 0 aromatic carbocycles. The summed E-state index contributed by atoms with van der Waals surface area (Å²) in [5.41, 5.74) is 0. The summed E-state index contributed by atoms with van der Waals surface area (Å²) in [6, 6.07) is 3.32. The van der Waals surface area contributed by atoms with Crippen LogP contribution in [-0.4, -0.2) is 39.4 Å². The minimum atomic E-state index is -3.45. The summed E-state index contributed by atoms with van der Waals surface area (Å²) in [6.07, 6.45) is 5.38. The molecule has 1 aromatic heterocycles. The van der Waals surface area contributed by atoms with Crippen LogP contribution >= 0.6 is 11.3 Å². The van der Waals surface area contributed by atoms with Crippen molar-refractivity contribution in [2.75, 3.05) is 19.8 Å². The van der Waals surface area contributed by atoms with Gasteiger partial charge in [-0.05, 0) is 25.0 Å². The molecule has 1 aliphatic carbocycles. The normalized spacial score (nSPS) is 16.9. The number of thiophene rings is 1. The van der Waals surface area contributed by atoms with Crippen molar-refractivity contribution in [3.63, 3.8) is 0 Å². The lowest BCUT2D eigenvalue weighted by Gasteiger charge is -2.11. The predicted octanol–water partition coefficient (Wildman–Crippen LogP) is 1.52. The average Bonchev–Trinajstić information content (AvgIpc) is 3.06. The fourth-order valence-electron chi connectivity index (χ4n) is 2.27. The highest BCUT2D eigenvalue weighted by molar-refractivity contribution is 7.91. The van der Waals surface area contributed by atoms with Gasteiger partial charge in [-0.1, -0.05) is 12.8 Å². The molecule has 1 saturated carbocycles. The van der Waals surface area contributed by atoms with E-state index in [0.717, 1.165) is 17.7 Å². The quantitative estimate of drug-likeness (QED) is 0.712. The third-order valence-corrected chi connectivity index (χ3v) is 6.41. The molecule has 0 unspecified atom stereocenters. The van der Waals surface area contributed by atoms with Gasteiger partial charge in [0.2, 0.25) is 10.0 Å². The van der Waals surface area contributed by atoms with Crippen LogP contribution in [0.3, 0.4) is 0 Å². The highest BCUT2D eigenvalue weighted by Gasteiger charge is 2.18. The van der Waals surface area contributed by atoms with Crippen LogP contribution in [-0.2, 0) is 21.2 Å². The van der Waals surface area contributed by atoms with Crippen LogP contribution in [0.2, 0.25) is 0 Å². The molecule has 0 atom stereocenters. The van der Waals surface area contributed by atoms with E-state index in [1.807, 2.05) is 0 Å². The van der Waals surface area contributed by atoms with Gasteiger partial charge in [-0.3, -0.25) is 0 Å². The maximum absolute atomic E-state index is 12.0. The van der Waals surface area contributed by atoms with Gasteiger partial charge in [0.15, 0.2) is 0 Å². The molecule has 0 amide bonds. The molecule has 2 N–H and O–H groups in total. The molecule has 0 bridgehead atoms. The zero-order valence-electron chi connectivity index (χ0n) is 11.4. The van der Waals surface area contributed by atoms with Crippen LogP contribution in [0.25, 0.3) is 0 Å². The SMILES string of the molecule is O=S(=O)(NCCOC1CCCC1)c1ccc(CCO)s1. The molecule has 2 rings (SSSR count). The van der Waals surface area contributed by atoms with Crippen molar-refractivity contribution in [2.24, 2.45) is 0 Å². The second-order valence-electron chi connectivity index (χ2n) is 4.87. The van der Waals surface area contributed by atoms with E-state index in [4.69, 9.17) is 9.84 Å². The van der Waals surface area contributed by atoms with E-state index >= 15 is 0 Å². The average molecular weight is 319 g/mol. The Morgan fingerprint density at radius 1 is 1.35 bits per heavy atom. The van der Waals surface area contributed by atoms with Crippen molar-refractivity contribution in [2.45, 2.75) is 42.4 Å². The molecule has 114 valence electrons. The van der Waals surface area contributed by atoms with Gasteiger partial charge in [0, 0.05) is 24.4 Å². The van der Waals surface area contributed by atoms with Crippen LogP contribution in [0.4, 0.5) is 0 Å². The first-order chi connectivity index (χ1) is 9.62. The summed E-state index contributed by atoms with van der Waals surface area (Å²) in [5, 5.41) is 8.83. The molecule has 1 aromatic rings. The maximum Gasteiger partial charge on any atom is 0.250 e. The Bertz CT molecular complexity index is 506. The number of nitrogens with one attached hydrogen (secondary N) is 1. The Hall–Kier alpha value is -0.470. The minimum Gasteiger partial charge on any atom is -0.396 e. The summed E-state index contributed by atoms with van der Waals surface area (Å²) in [4.78, 5) is 0.870. The lowest BCUT2D eigenvalue weighted by molar-refractivity contribution is 0.0626. The van der Waals surface area contributed by atoms with E-state index in [-0.39, 0.29) is 6.61 Å². The summed E-state index contributed by atoms with van der Waals surface area (Å²) in [7, 11) is -3.45. The highest BCUT2D eigenvalue weighted by atomic mass is 32.2. The van der Waals surface area contributed by atoms with Gasteiger partial charge in [-0.25, -0.2) is 13.1 Å².